The third-order valence-electron chi connectivity index (χ3n) is 2.44. The first-order chi connectivity index (χ1) is 8.44. The maximum Gasteiger partial charge on any atom is 0.254 e. The number of rotatable bonds is 3. The van der Waals surface area contributed by atoms with Gasteiger partial charge in [0.2, 0.25) is 0 Å². The van der Waals surface area contributed by atoms with Crippen molar-refractivity contribution in [2.75, 3.05) is 4.72 Å². The molecule has 0 amide bonds. The summed E-state index contributed by atoms with van der Waals surface area (Å²) in [7, 11) is -3.62. The molecular weight excluding hydrogens is 274 g/mol. The molecule has 0 bridgehead atoms. The van der Waals surface area contributed by atoms with Crippen LogP contribution in [0, 0.1) is 0 Å². The van der Waals surface area contributed by atoms with Gasteiger partial charge < -0.3 is 5.11 Å². The van der Waals surface area contributed by atoms with Gasteiger partial charge in [-0.25, -0.2) is 8.42 Å². The Balaban J connectivity index is 2.72. The van der Waals surface area contributed by atoms with Crippen molar-refractivity contribution >= 4 is 38.1 Å². The Morgan fingerprint density at radius 1 is 1.28 bits per heavy atom. The second-order valence-electron chi connectivity index (χ2n) is 3.61. The Morgan fingerprint density at radius 2 is 1.89 bits per heavy atom. The second kappa shape index (κ2) is 4.51. The van der Waals surface area contributed by atoms with Crippen LogP contribution in [-0.4, -0.2) is 13.5 Å². The minimum Gasteiger partial charge on any atom is -0.506 e. The summed E-state index contributed by atoms with van der Waals surface area (Å²) in [6.07, 6.45) is 0. The lowest BCUT2D eigenvalue weighted by molar-refractivity contribution is 0.482. The third-order valence-corrected chi connectivity index (χ3v) is 3.67. The summed E-state index contributed by atoms with van der Waals surface area (Å²) in [5, 5.41) is 11.7. The molecule has 0 spiro atoms. The fourth-order valence-electron chi connectivity index (χ4n) is 1.61. The molecule has 18 heavy (non-hydrogen) atoms. The predicted octanol–water partition coefficient (Wildman–Crippen LogP) is 3.08. The zero-order chi connectivity index (χ0) is 13.3. The standard InChI is InChI=1S/C12H10ClNO3S/c1-2-18(16,17)14-11-7-10(13)12(15)9-6-4-3-5-8(9)11/h2-7,14-15H,1H2. The molecule has 0 radical (unpaired) electrons. The molecule has 0 fully saturated rings. The van der Waals surface area contributed by atoms with Crippen molar-refractivity contribution in [3.63, 3.8) is 0 Å². The van der Waals surface area contributed by atoms with E-state index in [0.717, 1.165) is 5.41 Å². The lowest BCUT2D eigenvalue weighted by atomic mass is 10.1. The summed E-state index contributed by atoms with van der Waals surface area (Å²) in [5.74, 6) is -0.0752. The van der Waals surface area contributed by atoms with E-state index < -0.39 is 10.0 Å². The van der Waals surface area contributed by atoms with Gasteiger partial charge in [0.1, 0.15) is 5.75 Å². The van der Waals surface area contributed by atoms with E-state index >= 15 is 0 Å². The Hall–Kier alpha value is -1.72. The van der Waals surface area contributed by atoms with E-state index in [9.17, 15) is 13.5 Å². The fourth-order valence-corrected chi connectivity index (χ4v) is 2.37. The summed E-state index contributed by atoms with van der Waals surface area (Å²) >= 11 is 5.85. The third kappa shape index (κ3) is 2.27. The van der Waals surface area contributed by atoms with Crippen molar-refractivity contribution in [3.05, 3.63) is 47.3 Å². The number of sulfonamides is 1. The number of halogens is 1. The number of fused-ring (bicyclic) bond motifs is 1. The van der Waals surface area contributed by atoms with Gasteiger partial charge in [0.05, 0.1) is 10.7 Å². The quantitative estimate of drug-likeness (QED) is 0.851. The molecule has 0 unspecified atom stereocenters. The lowest BCUT2D eigenvalue weighted by Crippen LogP contribution is -2.08. The number of benzene rings is 2. The van der Waals surface area contributed by atoms with E-state index in [2.05, 4.69) is 11.3 Å². The zero-order valence-corrected chi connectivity index (χ0v) is 10.8. The number of nitrogens with one attached hydrogen (secondary N) is 1. The summed E-state index contributed by atoms with van der Waals surface area (Å²) in [5.41, 5.74) is 0.299. The van der Waals surface area contributed by atoms with E-state index in [1.165, 1.54) is 6.07 Å². The van der Waals surface area contributed by atoms with Crippen LogP contribution in [0.4, 0.5) is 5.69 Å². The van der Waals surface area contributed by atoms with Gasteiger partial charge in [0, 0.05) is 16.2 Å². The monoisotopic (exact) mass is 283 g/mol. The molecule has 94 valence electrons. The summed E-state index contributed by atoms with van der Waals surface area (Å²) in [6.45, 7) is 3.22. The van der Waals surface area contributed by atoms with E-state index in [1.807, 2.05) is 0 Å². The normalized spacial score (nSPS) is 11.4. The van der Waals surface area contributed by atoms with Crippen molar-refractivity contribution in [2.45, 2.75) is 0 Å². The molecule has 0 aliphatic carbocycles. The molecule has 0 saturated carbocycles. The highest BCUT2D eigenvalue weighted by Crippen LogP contribution is 2.37. The minimum atomic E-state index is -3.62. The highest BCUT2D eigenvalue weighted by molar-refractivity contribution is 7.95. The van der Waals surface area contributed by atoms with Gasteiger partial charge in [0.15, 0.2) is 0 Å². The number of aromatic hydroxyl groups is 1. The van der Waals surface area contributed by atoms with Crippen molar-refractivity contribution < 1.29 is 13.5 Å². The Morgan fingerprint density at radius 3 is 2.50 bits per heavy atom. The van der Waals surface area contributed by atoms with Crippen LogP contribution in [-0.2, 0) is 10.0 Å². The fraction of sp³-hybridized carbons (Fsp3) is 0. The molecule has 2 aromatic carbocycles. The first-order valence-corrected chi connectivity index (χ1v) is 6.92. The lowest BCUT2D eigenvalue weighted by Gasteiger charge is -2.10. The molecule has 0 saturated heterocycles. The molecule has 0 heterocycles. The minimum absolute atomic E-state index is 0.0752. The van der Waals surface area contributed by atoms with Crippen LogP contribution in [0.3, 0.4) is 0 Å². The molecule has 0 atom stereocenters. The number of hydrogen-bond acceptors (Lipinski definition) is 3. The van der Waals surface area contributed by atoms with Crippen LogP contribution in [0.5, 0.6) is 5.75 Å². The van der Waals surface area contributed by atoms with Crippen molar-refractivity contribution in [3.8, 4) is 5.75 Å². The van der Waals surface area contributed by atoms with Crippen LogP contribution in [0.1, 0.15) is 0 Å². The topological polar surface area (TPSA) is 66.4 Å². The summed E-state index contributed by atoms with van der Waals surface area (Å²) in [4.78, 5) is 0. The van der Waals surface area contributed by atoms with Gasteiger partial charge in [-0.1, -0.05) is 42.4 Å². The van der Waals surface area contributed by atoms with Gasteiger partial charge in [-0.05, 0) is 6.07 Å². The van der Waals surface area contributed by atoms with Gasteiger partial charge in [-0.15, -0.1) is 0 Å². The maximum atomic E-state index is 11.5. The summed E-state index contributed by atoms with van der Waals surface area (Å²) in [6, 6.07) is 8.17. The number of anilines is 1. The van der Waals surface area contributed by atoms with E-state index in [4.69, 9.17) is 11.6 Å². The van der Waals surface area contributed by atoms with Crippen LogP contribution >= 0.6 is 11.6 Å². The average Bonchev–Trinajstić information content (AvgIpc) is 2.35. The molecule has 0 aliphatic heterocycles. The van der Waals surface area contributed by atoms with Crippen molar-refractivity contribution in [2.24, 2.45) is 0 Å². The number of phenols is 1. The molecule has 6 heteroatoms. The molecule has 2 N–H and O–H groups in total. The Bertz CT molecular complexity index is 725. The Kier molecular flexibility index (Phi) is 3.19. The van der Waals surface area contributed by atoms with Crippen LogP contribution in [0.15, 0.2) is 42.3 Å². The molecule has 0 aliphatic rings. The first-order valence-electron chi connectivity index (χ1n) is 5.00. The average molecular weight is 284 g/mol. The highest BCUT2D eigenvalue weighted by atomic mass is 35.5. The second-order valence-corrected chi connectivity index (χ2v) is 5.65. The Labute approximate surface area is 110 Å². The molecule has 2 rings (SSSR count). The molecular formula is C12H10ClNO3S. The maximum absolute atomic E-state index is 11.5. The van der Waals surface area contributed by atoms with E-state index in [-0.39, 0.29) is 10.8 Å². The largest absolute Gasteiger partial charge is 0.506 e. The molecule has 4 nitrogen and oxygen atoms in total. The highest BCUT2D eigenvalue weighted by Gasteiger charge is 2.13. The van der Waals surface area contributed by atoms with E-state index in [1.54, 1.807) is 24.3 Å². The van der Waals surface area contributed by atoms with Gasteiger partial charge in [-0.3, -0.25) is 4.72 Å². The number of phenolic OH excluding ortho intramolecular Hbond substituents is 1. The summed E-state index contributed by atoms with van der Waals surface area (Å²) < 4.78 is 25.3. The molecule has 2 aromatic rings. The van der Waals surface area contributed by atoms with Crippen LogP contribution in [0.25, 0.3) is 10.8 Å². The van der Waals surface area contributed by atoms with Gasteiger partial charge >= 0.3 is 0 Å². The van der Waals surface area contributed by atoms with Crippen molar-refractivity contribution in [1.82, 2.24) is 0 Å². The predicted molar refractivity (Wildman–Crippen MR) is 73.4 cm³/mol. The zero-order valence-electron chi connectivity index (χ0n) is 9.22. The van der Waals surface area contributed by atoms with Crippen LogP contribution < -0.4 is 4.72 Å². The molecule has 0 aromatic heterocycles. The van der Waals surface area contributed by atoms with Crippen LogP contribution in [0.2, 0.25) is 5.02 Å². The number of hydrogen-bond donors (Lipinski definition) is 2. The van der Waals surface area contributed by atoms with Gasteiger partial charge in [-0.2, -0.15) is 0 Å². The first kappa shape index (κ1) is 12.7. The SMILES string of the molecule is C=CS(=O)(=O)Nc1cc(Cl)c(O)c2ccccc12. The van der Waals surface area contributed by atoms with Crippen molar-refractivity contribution in [1.29, 1.82) is 0 Å². The van der Waals surface area contributed by atoms with E-state index in [0.29, 0.717) is 16.5 Å². The van der Waals surface area contributed by atoms with Gasteiger partial charge in [0.25, 0.3) is 10.0 Å². The smallest absolute Gasteiger partial charge is 0.254 e.